The highest BCUT2D eigenvalue weighted by Crippen LogP contribution is 2.32. The number of amides is 1. The van der Waals surface area contributed by atoms with Crippen LogP contribution in [0.1, 0.15) is 52.0 Å². The van der Waals surface area contributed by atoms with Gasteiger partial charge in [-0.25, -0.2) is 0 Å². The fourth-order valence-electron chi connectivity index (χ4n) is 3.10. The minimum atomic E-state index is -0.809. The summed E-state index contributed by atoms with van der Waals surface area (Å²) in [6.07, 6.45) is 5.62. The summed E-state index contributed by atoms with van der Waals surface area (Å²) >= 11 is 0. The van der Waals surface area contributed by atoms with Gasteiger partial charge in [0.25, 0.3) is 0 Å². The molecule has 0 radical (unpaired) electrons. The van der Waals surface area contributed by atoms with E-state index in [1.807, 2.05) is 29.1 Å². The number of hydrogen-bond acceptors (Lipinski definition) is 3. The van der Waals surface area contributed by atoms with Crippen molar-refractivity contribution in [2.45, 2.75) is 57.6 Å². The Hall–Kier alpha value is -1.88. The Kier molecular flexibility index (Phi) is 3.91. The predicted octanol–water partition coefficient (Wildman–Crippen LogP) is 3.25. The topological polar surface area (TPSA) is 67.2 Å². The standard InChI is InChI=1S/C17H23N3O2/c1-12(2)20-11-13-9-14(5-6-15(13)19-20)18-16(21)10-17(22)7-3-4-8-17/h5-6,9,11-12,22H,3-4,7-8,10H2,1-2H3,(H,18,21). The molecule has 1 aromatic heterocycles. The molecule has 1 heterocycles. The van der Waals surface area contributed by atoms with Crippen LogP contribution in [-0.2, 0) is 4.79 Å². The third kappa shape index (κ3) is 3.14. The maximum atomic E-state index is 12.1. The van der Waals surface area contributed by atoms with Crippen molar-refractivity contribution in [2.24, 2.45) is 0 Å². The Morgan fingerprint density at radius 1 is 1.41 bits per heavy atom. The van der Waals surface area contributed by atoms with Gasteiger partial charge in [-0.05, 0) is 44.9 Å². The van der Waals surface area contributed by atoms with Crippen molar-refractivity contribution in [2.75, 3.05) is 5.32 Å². The summed E-state index contributed by atoms with van der Waals surface area (Å²) in [6.45, 7) is 4.16. The average Bonchev–Trinajstić information content (AvgIpc) is 3.04. The zero-order chi connectivity index (χ0) is 15.7. The first-order valence-electron chi connectivity index (χ1n) is 7.96. The van der Waals surface area contributed by atoms with Crippen LogP contribution in [0.15, 0.2) is 24.4 Å². The fourth-order valence-corrected chi connectivity index (χ4v) is 3.10. The van der Waals surface area contributed by atoms with Crippen molar-refractivity contribution in [1.82, 2.24) is 9.78 Å². The molecule has 2 aromatic rings. The van der Waals surface area contributed by atoms with E-state index in [0.717, 1.165) is 42.3 Å². The molecule has 22 heavy (non-hydrogen) atoms. The van der Waals surface area contributed by atoms with E-state index < -0.39 is 5.60 Å². The highest BCUT2D eigenvalue weighted by atomic mass is 16.3. The molecule has 1 saturated carbocycles. The van der Waals surface area contributed by atoms with Gasteiger partial charge in [0.2, 0.25) is 5.91 Å². The van der Waals surface area contributed by atoms with Crippen LogP contribution in [0.3, 0.4) is 0 Å². The largest absolute Gasteiger partial charge is 0.389 e. The monoisotopic (exact) mass is 301 g/mol. The molecule has 5 heteroatoms. The number of hydrogen-bond donors (Lipinski definition) is 2. The molecule has 1 fully saturated rings. The number of benzene rings is 1. The molecule has 5 nitrogen and oxygen atoms in total. The molecular weight excluding hydrogens is 278 g/mol. The number of rotatable bonds is 4. The third-order valence-electron chi connectivity index (χ3n) is 4.36. The number of carbonyl (C=O) groups is 1. The predicted molar refractivity (Wildman–Crippen MR) is 86.8 cm³/mol. The van der Waals surface area contributed by atoms with Crippen LogP contribution >= 0.6 is 0 Å². The van der Waals surface area contributed by atoms with Crippen LogP contribution in [-0.4, -0.2) is 26.4 Å². The zero-order valence-electron chi connectivity index (χ0n) is 13.2. The molecule has 0 aliphatic heterocycles. The van der Waals surface area contributed by atoms with Gasteiger partial charge in [-0.15, -0.1) is 0 Å². The summed E-state index contributed by atoms with van der Waals surface area (Å²) in [6, 6.07) is 6.00. The van der Waals surface area contributed by atoms with Crippen molar-refractivity contribution in [3.8, 4) is 0 Å². The number of anilines is 1. The second-order valence-electron chi connectivity index (χ2n) is 6.63. The van der Waals surface area contributed by atoms with Gasteiger partial charge in [-0.3, -0.25) is 9.48 Å². The van der Waals surface area contributed by atoms with E-state index in [9.17, 15) is 9.90 Å². The smallest absolute Gasteiger partial charge is 0.227 e. The molecule has 1 amide bonds. The molecule has 1 aliphatic carbocycles. The number of nitrogens with zero attached hydrogens (tertiary/aromatic N) is 2. The van der Waals surface area contributed by atoms with Gasteiger partial charge in [0, 0.05) is 23.3 Å². The van der Waals surface area contributed by atoms with Crippen LogP contribution in [0.2, 0.25) is 0 Å². The molecule has 3 rings (SSSR count). The first-order chi connectivity index (χ1) is 10.5. The number of carbonyl (C=O) groups excluding carboxylic acids is 1. The van der Waals surface area contributed by atoms with Gasteiger partial charge in [0.05, 0.1) is 17.5 Å². The molecule has 1 aliphatic rings. The Morgan fingerprint density at radius 2 is 2.14 bits per heavy atom. The fraction of sp³-hybridized carbons (Fsp3) is 0.529. The Morgan fingerprint density at radius 3 is 2.82 bits per heavy atom. The van der Waals surface area contributed by atoms with E-state index in [1.165, 1.54) is 0 Å². The summed E-state index contributed by atoms with van der Waals surface area (Å²) in [7, 11) is 0. The second kappa shape index (κ2) is 5.72. The molecule has 1 aromatic carbocycles. The van der Waals surface area contributed by atoms with Gasteiger partial charge < -0.3 is 10.4 Å². The summed E-state index contributed by atoms with van der Waals surface area (Å²) in [5, 5.41) is 18.7. The Bertz CT molecular complexity index is 684. The van der Waals surface area contributed by atoms with Crippen molar-refractivity contribution in [3.63, 3.8) is 0 Å². The Balaban J connectivity index is 1.71. The van der Waals surface area contributed by atoms with Crippen LogP contribution in [0, 0.1) is 0 Å². The number of nitrogens with one attached hydrogen (secondary N) is 1. The molecule has 0 unspecified atom stereocenters. The molecule has 0 bridgehead atoms. The quantitative estimate of drug-likeness (QED) is 0.911. The van der Waals surface area contributed by atoms with E-state index in [4.69, 9.17) is 0 Å². The maximum absolute atomic E-state index is 12.1. The number of aliphatic hydroxyl groups is 1. The minimum Gasteiger partial charge on any atom is -0.389 e. The van der Waals surface area contributed by atoms with Crippen LogP contribution in [0.4, 0.5) is 5.69 Å². The lowest BCUT2D eigenvalue weighted by atomic mass is 9.97. The molecular formula is C17H23N3O2. The summed E-state index contributed by atoms with van der Waals surface area (Å²) < 4.78 is 1.91. The normalized spacial score (nSPS) is 17.3. The highest BCUT2D eigenvalue weighted by molar-refractivity contribution is 5.94. The maximum Gasteiger partial charge on any atom is 0.227 e. The van der Waals surface area contributed by atoms with Gasteiger partial charge in [0.1, 0.15) is 0 Å². The van der Waals surface area contributed by atoms with E-state index in [0.29, 0.717) is 6.04 Å². The van der Waals surface area contributed by atoms with Gasteiger partial charge in [0.15, 0.2) is 0 Å². The average molecular weight is 301 g/mol. The zero-order valence-corrected chi connectivity index (χ0v) is 13.2. The minimum absolute atomic E-state index is 0.125. The van der Waals surface area contributed by atoms with E-state index in [-0.39, 0.29) is 12.3 Å². The van der Waals surface area contributed by atoms with E-state index >= 15 is 0 Å². The third-order valence-corrected chi connectivity index (χ3v) is 4.36. The first-order valence-corrected chi connectivity index (χ1v) is 7.96. The van der Waals surface area contributed by atoms with E-state index in [1.54, 1.807) is 0 Å². The van der Waals surface area contributed by atoms with E-state index in [2.05, 4.69) is 24.3 Å². The molecule has 2 N–H and O–H groups in total. The van der Waals surface area contributed by atoms with Gasteiger partial charge in [-0.2, -0.15) is 5.10 Å². The molecule has 118 valence electrons. The summed E-state index contributed by atoms with van der Waals surface area (Å²) in [5.41, 5.74) is 0.861. The van der Waals surface area contributed by atoms with Crippen molar-refractivity contribution < 1.29 is 9.90 Å². The number of aromatic nitrogens is 2. The van der Waals surface area contributed by atoms with Crippen molar-refractivity contribution >= 4 is 22.5 Å². The molecule has 0 spiro atoms. The van der Waals surface area contributed by atoms with Crippen LogP contribution in [0.5, 0.6) is 0 Å². The van der Waals surface area contributed by atoms with Gasteiger partial charge >= 0.3 is 0 Å². The lowest BCUT2D eigenvalue weighted by Gasteiger charge is -2.21. The lowest BCUT2D eigenvalue weighted by Crippen LogP contribution is -2.30. The van der Waals surface area contributed by atoms with Crippen LogP contribution in [0.25, 0.3) is 10.9 Å². The van der Waals surface area contributed by atoms with Gasteiger partial charge in [-0.1, -0.05) is 12.8 Å². The SMILES string of the molecule is CC(C)n1cc2cc(NC(=O)CC3(O)CCCC3)ccc2n1. The second-order valence-corrected chi connectivity index (χ2v) is 6.63. The Labute approximate surface area is 130 Å². The molecule has 0 atom stereocenters. The van der Waals surface area contributed by atoms with Crippen LogP contribution < -0.4 is 5.32 Å². The van der Waals surface area contributed by atoms with Crippen molar-refractivity contribution in [1.29, 1.82) is 0 Å². The summed E-state index contributed by atoms with van der Waals surface area (Å²) in [5.74, 6) is -0.125. The highest BCUT2D eigenvalue weighted by Gasteiger charge is 2.33. The first kappa shape index (κ1) is 15.0. The number of fused-ring (bicyclic) bond motifs is 1. The van der Waals surface area contributed by atoms with Crippen molar-refractivity contribution in [3.05, 3.63) is 24.4 Å². The molecule has 0 saturated heterocycles. The lowest BCUT2D eigenvalue weighted by molar-refractivity contribution is -0.120. The summed E-state index contributed by atoms with van der Waals surface area (Å²) in [4.78, 5) is 12.1.